The molecule has 0 saturated heterocycles. The van der Waals surface area contributed by atoms with Crippen LogP contribution >= 0.6 is 11.6 Å². The Morgan fingerprint density at radius 1 is 1.12 bits per heavy atom. The van der Waals surface area contributed by atoms with Crippen LogP contribution in [-0.2, 0) is 6.54 Å². The molecular formula is C20H18ClN3O2. The number of pyridine rings is 1. The molecule has 1 aromatic heterocycles. The molecule has 2 aromatic carbocycles. The van der Waals surface area contributed by atoms with Gasteiger partial charge in [0, 0.05) is 29.0 Å². The van der Waals surface area contributed by atoms with Gasteiger partial charge in [0.2, 0.25) is 0 Å². The fourth-order valence-electron chi connectivity index (χ4n) is 2.51. The molecule has 6 heteroatoms. The van der Waals surface area contributed by atoms with Crippen LogP contribution in [0.1, 0.15) is 15.9 Å². The molecule has 0 unspecified atom stereocenters. The lowest BCUT2D eigenvalue weighted by atomic mass is 10.2. The van der Waals surface area contributed by atoms with Crippen molar-refractivity contribution in [3.63, 3.8) is 0 Å². The number of anilines is 2. The predicted molar refractivity (Wildman–Crippen MR) is 103 cm³/mol. The van der Waals surface area contributed by atoms with Crippen LogP contribution in [0.2, 0.25) is 5.02 Å². The van der Waals surface area contributed by atoms with Crippen molar-refractivity contribution >= 4 is 29.0 Å². The second-order valence-electron chi connectivity index (χ2n) is 5.53. The van der Waals surface area contributed by atoms with E-state index in [4.69, 9.17) is 16.3 Å². The van der Waals surface area contributed by atoms with Gasteiger partial charge in [0.25, 0.3) is 5.91 Å². The van der Waals surface area contributed by atoms with Gasteiger partial charge in [-0.1, -0.05) is 35.9 Å². The molecule has 3 aromatic rings. The van der Waals surface area contributed by atoms with E-state index in [1.807, 2.05) is 36.4 Å². The number of carbonyl (C=O) groups excluding carboxylic acids is 1. The zero-order valence-corrected chi connectivity index (χ0v) is 15.0. The maximum absolute atomic E-state index is 12.6. The van der Waals surface area contributed by atoms with Gasteiger partial charge in [-0.3, -0.25) is 4.79 Å². The lowest BCUT2D eigenvalue weighted by molar-refractivity contribution is 0.0951. The highest BCUT2D eigenvalue weighted by Gasteiger charge is 2.13. The number of halogens is 1. The molecule has 132 valence electrons. The van der Waals surface area contributed by atoms with Crippen molar-refractivity contribution in [1.29, 1.82) is 0 Å². The summed E-state index contributed by atoms with van der Waals surface area (Å²) in [6.45, 7) is 0.356. The second kappa shape index (κ2) is 8.36. The molecule has 3 rings (SSSR count). The average Bonchev–Trinajstić information content (AvgIpc) is 2.67. The van der Waals surface area contributed by atoms with Crippen molar-refractivity contribution in [3.8, 4) is 5.75 Å². The number of amides is 1. The Morgan fingerprint density at radius 2 is 1.96 bits per heavy atom. The van der Waals surface area contributed by atoms with E-state index >= 15 is 0 Å². The molecule has 5 nitrogen and oxygen atoms in total. The number of rotatable bonds is 6. The van der Waals surface area contributed by atoms with Crippen LogP contribution in [0.4, 0.5) is 11.5 Å². The van der Waals surface area contributed by atoms with Crippen molar-refractivity contribution in [2.45, 2.75) is 6.54 Å². The highest BCUT2D eigenvalue weighted by molar-refractivity contribution is 6.30. The maximum atomic E-state index is 12.6. The Labute approximate surface area is 157 Å². The van der Waals surface area contributed by atoms with Crippen LogP contribution in [0.15, 0.2) is 66.9 Å². The van der Waals surface area contributed by atoms with E-state index in [2.05, 4.69) is 15.6 Å². The number of benzene rings is 2. The zero-order valence-electron chi connectivity index (χ0n) is 14.2. The second-order valence-corrected chi connectivity index (χ2v) is 5.97. The largest absolute Gasteiger partial charge is 0.496 e. The van der Waals surface area contributed by atoms with E-state index in [0.29, 0.717) is 22.9 Å². The molecule has 0 bridgehead atoms. The SMILES string of the molecule is COc1ccccc1CNC(=O)c1cccnc1Nc1cccc(Cl)c1. The Bertz CT molecular complexity index is 915. The van der Waals surface area contributed by atoms with Gasteiger partial charge >= 0.3 is 0 Å². The maximum Gasteiger partial charge on any atom is 0.255 e. The van der Waals surface area contributed by atoms with Crippen LogP contribution in [0, 0.1) is 0 Å². The first-order valence-electron chi connectivity index (χ1n) is 8.05. The van der Waals surface area contributed by atoms with Gasteiger partial charge in [-0.05, 0) is 36.4 Å². The number of nitrogens with one attached hydrogen (secondary N) is 2. The lowest BCUT2D eigenvalue weighted by Gasteiger charge is -2.12. The number of para-hydroxylation sites is 1. The van der Waals surface area contributed by atoms with Gasteiger partial charge < -0.3 is 15.4 Å². The topological polar surface area (TPSA) is 63.2 Å². The minimum Gasteiger partial charge on any atom is -0.496 e. The Balaban J connectivity index is 1.75. The highest BCUT2D eigenvalue weighted by Crippen LogP contribution is 2.22. The van der Waals surface area contributed by atoms with Gasteiger partial charge in [-0.2, -0.15) is 0 Å². The number of nitrogens with zero attached hydrogens (tertiary/aromatic N) is 1. The summed E-state index contributed by atoms with van der Waals surface area (Å²) in [4.78, 5) is 16.9. The fraction of sp³-hybridized carbons (Fsp3) is 0.100. The summed E-state index contributed by atoms with van der Waals surface area (Å²) in [5.41, 5.74) is 2.11. The van der Waals surface area contributed by atoms with E-state index in [1.165, 1.54) is 0 Å². The monoisotopic (exact) mass is 367 g/mol. The molecular weight excluding hydrogens is 350 g/mol. The number of carbonyl (C=O) groups is 1. The first-order valence-corrected chi connectivity index (χ1v) is 8.43. The molecule has 0 aliphatic rings. The quantitative estimate of drug-likeness (QED) is 0.677. The minimum absolute atomic E-state index is 0.228. The van der Waals surface area contributed by atoms with Gasteiger partial charge in [0.1, 0.15) is 11.6 Å². The van der Waals surface area contributed by atoms with E-state index in [9.17, 15) is 4.79 Å². The Hall–Kier alpha value is -3.05. The third-order valence-corrected chi connectivity index (χ3v) is 4.01. The van der Waals surface area contributed by atoms with Crippen LogP contribution < -0.4 is 15.4 Å². The van der Waals surface area contributed by atoms with Crippen molar-refractivity contribution in [2.24, 2.45) is 0 Å². The van der Waals surface area contributed by atoms with Gasteiger partial charge in [0.05, 0.1) is 12.7 Å². The van der Waals surface area contributed by atoms with Gasteiger partial charge in [0.15, 0.2) is 0 Å². The van der Waals surface area contributed by atoms with E-state index in [-0.39, 0.29) is 5.91 Å². The number of aromatic nitrogens is 1. The fourth-order valence-corrected chi connectivity index (χ4v) is 2.70. The summed E-state index contributed by atoms with van der Waals surface area (Å²) in [5, 5.41) is 6.64. The van der Waals surface area contributed by atoms with Crippen molar-refractivity contribution in [2.75, 3.05) is 12.4 Å². The molecule has 1 heterocycles. The Morgan fingerprint density at radius 3 is 2.77 bits per heavy atom. The summed E-state index contributed by atoms with van der Waals surface area (Å²) in [5.74, 6) is 0.970. The molecule has 26 heavy (non-hydrogen) atoms. The summed E-state index contributed by atoms with van der Waals surface area (Å²) in [7, 11) is 1.61. The lowest BCUT2D eigenvalue weighted by Crippen LogP contribution is -2.24. The molecule has 0 fully saturated rings. The van der Waals surface area contributed by atoms with E-state index < -0.39 is 0 Å². The normalized spacial score (nSPS) is 10.2. The zero-order chi connectivity index (χ0) is 18.4. The molecule has 1 amide bonds. The third-order valence-electron chi connectivity index (χ3n) is 3.77. The first kappa shape index (κ1) is 17.8. The standard InChI is InChI=1S/C20H18ClN3O2/c1-26-18-10-3-2-6-14(18)13-23-20(25)17-9-5-11-22-19(17)24-16-8-4-7-15(21)12-16/h2-12H,13H2,1H3,(H,22,24)(H,23,25). The number of hydrogen-bond donors (Lipinski definition) is 2. The summed E-state index contributed by atoms with van der Waals surface area (Å²) < 4.78 is 5.31. The average molecular weight is 368 g/mol. The third kappa shape index (κ3) is 4.32. The minimum atomic E-state index is -0.228. The van der Waals surface area contributed by atoms with Crippen LogP contribution in [-0.4, -0.2) is 18.0 Å². The Kier molecular flexibility index (Phi) is 5.71. The van der Waals surface area contributed by atoms with E-state index in [0.717, 1.165) is 17.0 Å². The molecule has 0 spiro atoms. The smallest absolute Gasteiger partial charge is 0.255 e. The van der Waals surface area contributed by atoms with Crippen molar-refractivity contribution in [1.82, 2.24) is 10.3 Å². The van der Waals surface area contributed by atoms with Gasteiger partial charge in [-0.25, -0.2) is 4.98 Å². The molecule has 0 radical (unpaired) electrons. The van der Waals surface area contributed by atoms with E-state index in [1.54, 1.807) is 37.6 Å². The van der Waals surface area contributed by atoms with Crippen molar-refractivity contribution in [3.05, 3.63) is 83.0 Å². The first-order chi connectivity index (χ1) is 12.7. The molecule has 0 aliphatic heterocycles. The number of hydrogen-bond acceptors (Lipinski definition) is 4. The molecule has 0 aliphatic carbocycles. The number of ether oxygens (including phenoxy) is 1. The van der Waals surface area contributed by atoms with Crippen LogP contribution in [0.5, 0.6) is 5.75 Å². The summed E-state index contributed by atoms with van der Waals surface area (Å²) >= 11 is 6.01. The van der Waals surface area contributed by atoms with Crippen molar-refractivity contribution < 1.29 is 9.53 Å². The molecule has 0 atom stereocenters. The number of methoxy groups -OCH3 is 1. The summed E-state index contributed by atoms with van der Waals surface area (Å²) in [6, 6.07) is 18.2. The van der Waals surface area contributed by atoms with Gasteiger partial charge in [-0.15, -0.1) is 0 Å². The highest BCUT2D eigenvalue weighted by atomic mass is 35.5. The van der Waals surface area contributed by atoms with Crippen LogP contribution in [0.3, 0.4) is 0 Å². The molecule has 0 saturated carbocycles. The predicted octanol–water partition coefficient (Wildman–Crippen LogP) is 4.42. The van der Waals surface area contributed by atoms with Crippen LogP contribution in [0.25, 0.3) is 0 Å². The molecule has 2 N–H and O–H groups in total. The summed E-state index contributed by atoms with van der Waals surface area (Å²) in [6.07, 6.45) is 1.63.